The van der Waals surface area contributed by atoms with Crippen LogP contribution in [0.4, 0.5) is 0 Å². The van der Waals surface area contributed by atoms with E-state index in [-0.39, 0.29) is 15.5 Å². The van der Waals surface area contributed by atoms with E-state index in [4.69, 9.17) is 0 Å². The maximum Gasteiger partial charge on any atom is 0.276 e. The normalized spacial score (nSPS) is 15.6. The molecule has 1 amide bonds. The van der Waals surface area contributed by atoms with E-state index in [2.05, 4.69) is 10.4 Å². The first-order chi connectivity index (χ1) is 13.1. The van der Waals surface area contributed by atoms with Gasteiger partial charge in [0, 0.05) is 31.9 Å². The molecule has 28 heavy (non-hydrogen) atoms. The second-order valence-electron chi connectivity index (χ2n) is 6.44. The van der Waals surface area contributed by atoms with Crippen LogP contribution < -0.4 is 10.3 Å². The summed E-state index contributed by atoms with van der Waals surface area (Å²) in [4.78, 5) is 18.2. The first kappa shape index (κ1) is 20.5. The average molecular weight is 428 g/mol. The van der Waals surface area contributed by atoms with Gasteiger partial charge in [0.25, 0.3) is 15.9 Å². The Bertz CT molecular complexity index is 1080. The smallest absolute Gasteiger partial charge is 0.276 e. The molecular formula is C16H21N5O5S2. The molecule has 0 bridgehead atoms. The van der Waals surface area contributed by atoms with Crippen LogP contribution in [0.15, 0.2) is 40.4 Å². The molecule has 1 aliphatic heterocycles. The van der Waals surface area contributed by atoms with Crippen LogP contribution in [-0.4, -0.2) is 49.7 Å². The molecule has 1 saturated heterocycles. The number of nitrogens with one attached hydrogen (secondary N) is 2. The van der Waals surface area contributed by atoms with Gasteiger partial charge < -0.3 is 4.57 Å². The molecule has 1 aromatic heterocycles. The van der Waals surface area contributed by atoms with Gasteiger partial charge in [0.1, 0.15) is 5.82 Å². The molecule has 2 heterocycles. The Kier molecular flexibility index (Phi) is 5.57. The van der Waals surface area contributed by atoms with Gasteiger partial charge in [-0.2, -0.15) is 4.31 Å². The van der Waals surface area contributed by atoms with Crippen LogP contribution >= 0.6 is 0 Å². The number of aromatic nitrogens is 2. The van der Waals surface area contributed by atoms with E-state index in [1.165, 1.54) is 39.3 Å². The Morgan fingerprint density at radius 1 is 1.14 bits per heavy atom. The molecule has 0 atom stereocenters. The molecule has 2 aromatic rings. The fourth-order valence-corrected chi connectivity index (χ4v) is 5.21. The summed E-state index contributed by atoms with van der Waals surface area (Å²) in [6.07, 6.45) is 2.91. The number of sulfonamides is 2. The van der Waals surface area contributed by atoms with Crippen molar-refractivity contribution >= 4 is 26.0 Å². The zero-order valence-electron chi connectivity index (χ0n) is 15.4. The summed E-state index contributed by atoms with van der Waals surface area (Å²) in [6.45, 7) is 2.54. The monoisotopic (exact) mass is 427 g/mol. The number of hydrogen-bond acceptors (Lipinski definition) is 6. The highest BCUT2D eigenvalue weighted by molar-refractivity contribution is 7.89. The van der Waals surface area contributed by atoms with Crippen LogP contribution in [0.5, 0.6) is 0 Å². The van der Waals surface area contributed by atoms with Gasteiger partial charge in [0.15, 0.2) is 5.03 Å². The first-order valence-corrected chi connectivity index (χ1v) is 11.5. The predicted octanol–water partition coefficient (Wildman–Crippen LogP) is 0.136. The van der Waals surface area contributed by atoms with Gasteiger partial charge >= 0.3 is 0 Å². The maximum absolute atomic E-state index is 12.6. The van der Waals surface area contributed by atoms with Gasteiger partial charge in [-0.15, -0.1) is 4.83 Å². The zero-order valence-corrected chi connectivity index (χ0v) is 17.0. The molecule has 0 spiro atoms. The summed E-state index contributed by atoms with van der Waals surface area (Å²) >= 11 is 0. The van der Waals surface area contributed by atoms with Crippen molar-refractivity contribution in [2.45, 2.75) is 29.7 Å². The molecule has 12 heteroatoms. The molecule has 0 aliphatic carbocycles. The van der Waals surface area contributed by atoms with Crippen molar-refractivity contribution in [3.8, 4) is 0 Å². The minimum absolute atomic E-state index is 0.00902. The topological polar surface area (TPSA) is 130 Å². The summed E-state index contributed by atoms with van der Waals surface area (Å²) in [7, 11) is -6.09. The number of amides is 1. The van der Waals surface area contributed by atoms with E-state index >= 15 is 0 Å². The van der Waals surface area contributed by atoms with E-state index < -0.39 is 26.0 Å². The number of carbonyl (C=O) groups excluding carboxylic acids is 1. The lowest BCUT2D eigenvalue weighted by Crippen LogP contribution is -2.41. The number of aryl methyl sites for hydroxylation is 2. The molecule has 1 aliphatic rings. The third kappa shape index (κ3) is 4.09. The summed E-state index contributed by atoms with van der Waals surface area (Å²) in [5.74, 6) is -0.291. The van der Waals surface area contributed by atoms with Gasteiger partial charge in [-0.05, 0) is 38.0 Å². The Morgan fingerprint density at radius 3 is 2.43 bits per heavy atom. The van der Waals surface area contributed by atoms with Crippen LogP contribution in [-0.2, 0) is 27.1 Å². The van der Waals surface area contributed by atoms with Crippen molar-refractivity contribution < 1.29 is 21.6 Å². The van der Waals surface area contributed by atoms with E-state index in [1.807, 2.05) is 4.83 Å². The van der Waals surface area contributed by atoms with Crippen LogP contribution in [0.1, 0.15) is 29.0 Å². The third-order valence-corrected chi connectivity index (χ3v) is 7.47. The first-order valence-electron chi connectivity index (χ1n) is 8.53. The molecule has 10 nitrogen and oxygen atoms in total. The summed E-state index contributed by atoms with van der Waals surface area (Å²) in [5, 5.41) is -0.238. The maximum atomic E-state index is 12.6. The number of hydrogen-bond donors (Lipinski definition) is 2. The predicted molar refractivity (Wildman–Crippen MR) is 100 cm³/mol. The quantitative estimate of drug-likeness (QED) is 0.631. The van der Waals surface area contributed by atoms with Crippen molar-refractivity contribution in [3.05, 3.63) is 41.9 Å². The van der Waals surface area contributed by atoms with E-state index in [0.29, 0.717) is 18.9 Å². The molecule has 0 saturated carbocycles. The molecular weight excluding hydrogens is 406 g/mol. The van der Waals surface area contributed by atoms with Crippen molar-refractivity contribution in [2.75, 3.05) is 13.1 Å². The van der Waals surface area contributed by atoms with Crippen molar-refractivity contribution in [1.29, 1.82) is 0 Å². The van der Waals surface area contributed by atoms with Gasteiger partial charge in [-0.1, -0.05) is 6.07 Å². The second-order valence-corrected chi connectivity index (χ2v) is 10.0. The Hall–Kier alpha value is -2.28. The average Bonchev–Trinajstić information content (AvgIpc) is 3.31. The van der Waals surface area contributed by atoms with Crippen LogP contribution in [0.2, 0.25) is 0 Å². The van der Waals surface area contributed by atoms with Crippen molar-refractivity contribution in [1.82, 2.24) is 24.1 Å². The Balaban J connectivity index is 1.74. The number of hydrazine groups is 1. The van der Waals surface area contributed by atoms with Crippen LogP contribution in [0.25, 0.3) is 0 Å². The number of imidazole rings is 1. The highest BCUT2D eigenvalue weighted by Crippen LogP contribution is 2.21. The summed E-state index contributed by atoms with van der Waals surface area (Å²) in [6, 6.07) is 5.47. The highest BCUT2D eigenvalue weighted by atomic mass is 32.2. The van der Waals surface area contributed by atoms with E-state index in [0.717, 1.165) is 12.8 Å². The number of rotatable bonds is 6. The van der Waals surface area contributed by atoms with E-state index in [9.17, 15) is 21.6 Å². The molecule has 152 valence electrons. The minimum atomic E-state index is -4.06. The second kappa shape index (κ2) is 7.62. The lowest BCUT2D eigenvalue weighted by Gasteiger charge is -2.16. The van der Waals surface area contributed by atoms with E-state index in [1.54, 1.807) is 14.0 Å². The Labute approximate surface area is 163 Å². The van der Waals surface area contributed by atoms with Crippen molar-refractivity contribution in [2.24, 2.45) is 7.05 Å². The summed E-state index contributed by atoms with van der Waals surface area (Å²) in [5.41, 5.74) is 2.09. The SMILES string of the molecule is Cc1nc(S(=O)(=O)NNC(=O)c2cccc(S(=O)(=O)N3CCCC3)c2)cn1C. The van der Waals surface area contributed by atoms with Gasteiger partial charge in [0.2, 0.25) is 10.0 Å². The fraction of sp³-hybridized carbons (Fsp3) is 0.375. The lowest BCUT2D eigenvalue weighted by molar-refractivity contribution is 0.0945. The molecule has 0 unspecified atom stereocenters. The third-order valence-electron chi connectivity index (χ3n) is 4.46. The molecule has 1 fully saturated rings. The zero-order chi connectivity index (χ0) is 20.5. The van der Waals surface area contributed by atoms with Crippen molar-refractivity contribution in [3.63, 3.8) is 0 Å². The lowest BCUT2D eigenvalue weighted by atomic mass is 10.2. The Morgan fingerprint density at radius 2 is 1.82 bits per heavy atom. The van der Waals surface area contributed by atoms with Crippen LogP contribution in [0, 0.1) is 6.92 Å². The molecule has 3 rings (SSSR count). The summed E-state index contributed by atoms with van der Waals surface area (Å²) < 4.78 is 52.6. The highest BCUT2D eigenvalue weighted by Gasteiger charge is 2.28. The molecule has 0 radical (unpaired) electrons. The standard InChI is InChI=1S/C16H21N5O5S2/c1-12-17-15(11-20(12)2)27(23,24)19-18-16(22)13-6-5-7-14(10-13)28(25,26)21-8-3-4-9-21/h5-7,10-11,19H,3-4,8-9H2,1-2H3,(H,18,22). The number of benzene rings is 1. The van der Waals surface area contributed by atoms with Crippen LogP contribution in [0.3, 0.4) is 0 Å². The van der Waals surface area contributed by atoms with Gasteiger partial charge in [0.05, 0.1) is 4.90 Å². The minimum Gasteiger partial charge on any atom is -0.337 e. The molecule has 1 aromatic carbocycles. The largest absolute Gasteiger partial charge is 0.337 e. The van der Waals surface area contributed by atoms with Gasteiger partial charge in [-0.3, -0.25) is 10.2 Å². The van der Waals surface area contributed by atoms with Gasteiger partial charge in [-0.25, -0.2) is 21.8 Å². The molecule has 2 N–H and O–H groups in total. The fourth-order valence-electron chi connectivity index (χ4n) is 2.77. The number of carbonyl (C=O) groups is 1. The number of nitrogens with zero attached hydrogens (tertiary/aromatic N) is 3.